The third kappa shape index (κ3) is 2.64. The first-order valence-corrected chi connectivity index (χ1v) is 5.39. The highest BCUT2D eigenvalue weighted by Crippen LogP contribution is 2.30. The van der Waals surface area contributed by atoms with Crippen LogP contribution in [-0.4, -0.2) is 7.11 Å². The van der Waals surface area contributed by atoms with Gasteiger partial charge in [-0.15, -0.1) is 0 Å². The van der Waals surface area contributed by atoms with E-state index in [1.54, 1.807) is 7.11 Å². The maximum atomic E-state index is 5.36. The van der Waals surface area contributed by atoms with E-state index < -0.39 is 0 Å². The lowest BCUT2D eigenvalue weighted by molar-refractivity contribution is 0.124. The van der Waals surface area contributed by atoms with Crippen LogP contribution in [0.4, 0.5) is 0 Å². The van der Waals surface area contributed by atoms with Crippen LogP contribution in [0, 0.1) is 0 Å². The van der Waals surface area contributed by atoms with Crippen molar-refractivity contribution in [2.75, 3.05) is 7.11 Å². The number of nitrogens with two attached hydrogens (primary N) is 1. The summed E-state index contributed by atoms with van der Waals surface area (Å²) in [6.07, 6.45) is 0. The predicted octanol–water partition coefficient (Wildman–Crippen LogP) is 2.75. The zero-order valence-electron chi connectivity index (χ0n) is 9.72. The standard InChI is InChI=1S/C14H15NO2/c1-16-14-8-7-11(10-17-15)9-13(14)12-5-3-2-4-6-12/h2-9H,10,15H2,1H3. The number of hydrogen-bond donors (Lipinski definition) is 1. The first-order chi connectivity index (χ1) is 8.35. The Balaban J connectivity index is 2.46. The molecule has 17 heavy (non-hydrogen) atoms. The average Bonchev–Trinajstić information content (AvgIpc) is 2.40. The number of hydrogen-bond acceptors (Lipinski definition) is 3. The van der Waals surface area contributed by atoms with E-state index in [1.807, 2.05) is 48.5 Å². The molecule has 0 saturated carbocycles. The summed E-state index contributed by atoms with van der Waals surface area (Å²) in [6, 6.07) is 16.0. The summed E-state index contributed by atoms with van der Waals surface area (Å²) in [6.45, 7) is 0.393. The second kappa shape index (κ2) is 5.48. The molecular weight excluding hydrogens is 214 g/mol. The van der Waals surface area contributed by atoms with Gasteiger partial charge in [-0.1, -0.05) is 36.4 Å². The lowest BCUT2D eigenvalue weighted by Gasteiger charge is -2.10. The Hall–Kier alpha value is -1.84. The van der Waals surface area contributed by atoms with E-state index in [0.29, 0.717) is 6.61 Å². The number of rotatable bonds is 4. The summed E-state index contributed by atoms with van der Waals surface area (Å²) in [4.78, 5) is 4.65. The monoisotopic (exact) mass is 229 g/mol. The van der Waals surface area contributed by atoms with Crippen molar-refractivity contribution in [3.63, 3.8) is 0 Å². The fourth-order valence-corrected chi connectivity index (χ4v) is 1.78. The molecule has 88 valence electrons. The van der Waals surface area contributed by atoms with E-state index >= 15 is 0 Å². The SMILES string of the molecule is COc1ccc(CON)cc1-c1ccccc1. The fourth-order valence-electron chi connectivity index (χ4n) is 1.78. The zero-order valence-corrected chi connectivity index (χ0v) is 9.72. The van der Waals surface area contributed by atoms with Crippen molar-refractivity contribution in [2.45, 2.75) is 6.61 Å². The third-order valence-corrected chi connectivity index (χ3v) is 2.60. The highest BCUT2D eigenvalue weighted by atomic mass is 16.6. The van der Waals surface area contributed by atoms with Crippen molar-refractivity contribution in [3.05, 3.63) is 54.1 Å². The highest BCUT2D eigenvalue weighted by Gasteiger charge is 2.06. The maximum Gasteiger partial charge on any atom is 0.126 e. The molecule has 0 aliphatic rings. The van der Waals surface area contributed by atoms with Crippen molar-refractivity contribution in [1.82, 2.24) is 0 Å². The van der Waals surface area contributed by atoms with Gasteiger partial charge in [0.15, 0.2) is 0 Å². The predicted molar refractivity (Wildman–Crippen MR) is 67.4 cm³/mol. The molecule has 0 saturated heterocycles. The Morgan fingerprint density at radius 3 is 2.47 bits per heavy atom. The molecule has 0 radical (unpaired) electrons. The molecular formula is C14H15NO2. The second-order valence-electron chi connectivity index (χ2n) is 3.71. The van der Waals surface area contributed by atoms with E-state index in [-0.39, 0.29) is 0 Å². The van der Waals surface area contributed by atoms with E-state index in [2.05, 4.69) is 4.84 Å². The molecule has 0 aliphatic heterocycles. The van der Waals surface area contributed by atoms with Crippen molar-refractivity contribution in [2.24, 2.45) is 5.90 Å². The lowest BCUT2D eigenvalue weighted by Crippen LogP contribution is -1.99. The Morgan fingerprint density at radius 1 is 1.06 bits per heavy atom. The lowest BCUT2D eigenvalue weighted by atomic mass is 10.0. The van der Waals surface area contributed by atoms with Crippen molar-refractivity contribution in [3.8, 4) is 16.9 Å². The van der Waals surface area contributed by atoms with Crippen LogP contribution in [0.3, 0.4) is 0 Å². The number of methoxy groups -OCH3 is 1. The molecule has 0 aliphatic carbocycles. The molecule has 0 bridgehead atoms. The minimum absolute atomic E-state index is 0.393. The Kier molecular flexibility index (Phi) is 3.75. The van der Waals surface area contributed by atoms with E-state index in [1.165, 1.54) is 0 Å². The van der Waals surface area contributed by atoms with Crippen molar-refractivity contribution < 1.29 is 9.57 Å². The van der Waals surface area contributed by atoms with Crippen LogP contribution in [0.5, 0.6) is 5.75 Å². The van der Waals surface area contributed by atoms with Gasteiger partial charge in [0.1, 0.15) is 5.75 Å². The van der Waals surface area contributed by atoms with Gasteiger partial charge >= 0.3 is 0 Å². The van der Waals surface area contributed by atoms with Crippen LogP contribution in [0.2, 0.25) is 0 Å². The minimum atomic E-state index is 0.393. The molecule has 2 N–H and O–H groups in total. The normalized spacial score (nSPS) is 10.2. The van der Waals surface area contributed by atoms with Crippen LogP contribution in [0.15, 0.2) is 48.5 Å². The fraction of sp³-hybridized carbons (Fsp3) is 0.143. The molecule has 0 amide bonds. The topological polar surface area (TPSA) is 44.5 Å². The number of ether oxygens (including phenoxy) is 1. The van der Waals surface area contributed by atoms with Gasteiger partial charge in [-0.05, 0) is 23.3 Å². The summed E-state index contributed by atoms with van der Waals surface area (Å²) in [5.74, 6) is 5.93. The average molecular weight is 229 g/mol. The molecule has 0 unspecified atom stereocenters. The highest BCUT2D eigenvalue weighted by molar-refractivity contribution is 5.71. The van der Waals surface area contributed by atoms with E-state index in [9.17, 15) is 0 Å². The van der Waals surface area contributed by atoms with Crippen LogP contribution in [0.25, 0.3) is 11.1 Å². The van der Waals surface area contributed by atoms with Gasteiger partial charge < -0.3 is 4.74 Å². The summed E-state index contributed by atoms with van der Waals surface area (Å²) < 4.78 is 5.36. The van der Waals surface area contributed by atoms with Crippen LogP contribution < -0.4 is 10.6 Å². The van der Waals surface area contributed by atoms with Gasteiger partial charge in [0.25, 0.3) is 0 Å². The largest absolute Gasteiger partial charge is 0.496 e. The summed E-state index contributed by atoms with van der Waals surface area (Å²) in [5.41, 5.74) is 3.18. The molecule has 0 spiro atoms. The first kappa shape index (κ1) is 11.6. The van der Waals surface area contributed by atoms with Crippen LogP contribution >= 0.6 is 0 Å². The van der Waals surface area contributed by atoms with Crippen molar-refractivity contribution >= 4 is 0 Å². The summed E-state index contributed by atoms with van der Waals surface area (Å²) in [7, 11) is 1.67. The second-order valence-corrected chi connectivity index (χ2v) is 3.71. The molecule has 2 aromatic rings. The molecule has 2 aromatic carbocycles. The maximum absolute atomic E-state index is 5.36. The van der Waals surface area contributed by atoms with Gasteiger partial charge in [-0.25, -0.2) is 5.90 Å². The summed E-state index contributed by atoms with van der Waals surface area (Å²) in [5, 5.41) is 0. The molecule has 3 heteroatoms. The van der Waals surface area contributed by atoms with E-state index in [0.717, 1.165) is 22.4 Å². The van der Waals surface area contributed by atoms with Gasteiger partial charge in [-0.2, -0.15) is 0 Å². The Labute approximate surface area is 101 Å². The van der Waals surface area contributed by atoms with Gasteiger partial charge in [0.05, 0.1) is 13.7 Å². The first-order valence-electron chi connectivity index (χ1n) is 5.39. The summed E-state index contributed by atoms with van der Waals surface area (Å²) >= 11 is 0. The molecule has 0 atom stereocenters. The van der Waals surface area contributed by atoms with Crippen molar-refractivity contribution in [1.29, 1.82) is 0 Å². The Morgan fingerprint density at radius 2 is 1.82 bits per heavy atom. The third-order valence-electron chi connectivity index (χ3n) is 2.60. The van der Waals surface area contributed by atoms with Gasteiger partial charge in [-0.3, -0.25) is 4.84 Å². The van der Waals surface area contributed by atoms with Gasteiger partial charge in [0, 0.05) is 5.56 Å². The molecule has 0 fully saturated rings. The molecule has 0 heterocycles. The molecule has 2 rings (SSSR count). The van der Waals surface area contributed by atoms with E-state index in [4.69, 9.17) is 10.6 Å². The molecule has 0 aromatic heterocycles. The van der Waals surface area contributed by atoms with Gasteiger partial charge in [0.2, 0.25) is 0 Å². The number of benzene rings is 2. The minimum Gasteiger partial charge on any atom is -0.496 e. The van der Waals surface area contributed by atoms with Crippen LogP contribution in [0.1, 0.15) is 5.56 Å². The molecule has 3 nitrogen and oxygen atoms in total. The Bertz CT molecular complexity index is 483. The smallest absolute Gasteiger partial charge is 0.126 e. The van der Waals surface area contributed by atoms with Crippen LogP contribution in [-0.2, 0) is 11.4 Å². The quantitative estimate of drug-likeness (QED) is 0.820. The zero-order chi connectivity index (χ0) is 12.1.